The number of amides is 1. The molecule has 0 fully saturated rings. The van der Waals surface area contributed by atoms with Gasteiger partial charge in [0.05, 0.1) is 16.4 Å². The number of carbonyl (C=O) groups is 2. The summed E-state index contributed by atoms with van der Waals surface area (Å²) in [6, 6.07) is 8.98. The molecule has 2 aromatic carbocycles. The summed E-state index contributed by atoms with van der Waals surface area (Å²) in [4.78, 5) is 23.5. The number of nitrogens with one attached hydrogen (secondary N) is 1. The molecule has 162 valence electrons. The number of thioether (sulfide) groups is 1. The molecule has 0 saturated carbocycles. The van der Waals surface area contributed by atoms with Crippen molar-refractivity contribution in [1.29, 1.82) is 0 Å². The van der Waals surface area contributed by atoms with Gasteiger partial charge in [-0.2, -0.15) is 13.2 Å². The Morgan fingerprint density at radius 3 is 2.06 bits per heavy atom. The first-order valence-electron chi connectivity index (χ1n) is 8.52. The Labute approximate surface area is 204 Å². The standard InChI is InChI=1S/C19H18F3NO5S2.Na/c1-12(24)29-11-14(10-13-2-4-15(5-3-13)19(20,21)22)18(25)23-16-6-8-17(9-7-16)30(26,27)28;/h2-9,14H,10-11H2,1H3,(H,23,25)(H,26,27,28);/q;+1/p-1. The molecule has 0 aliphatic heterocycles. The van der Waals surface area contributed by atoms with E-state index in [1.165, 1.54) is 31.2 Å². The fourth-order valence-corrected chi connectivity index (χ4v) is 3.68. The van der Waals surface area contributed by atoms with E-state index in [0.29, 0.717) is 5.56 Å². The molecule has 1 amide bonds. The van der Waals surface area contributed by atoms with Crippen molar-refractivity contribution >= 4 is 38.6 Å². The molecule has 0 aliphatic carbocycles. The molecular formula is C19H17F3NNaO5S2. The average Bonchev–Trinajstić information content (AvgIpc) is 2.64. The number of benzene rings is 2. The molecule has 1 unspecified atom stereocenters. The average molecular weight is 483 g/mol. The molecule has 0 spiro atoms. The zero-order valence-electron chi connectivity index (χ0n) is 16.6. The van der Waals surface area contributed by atoms with Gasteiger partial charge in [0.25, 0.3) is 0 Å². The summed E-state index contributed by atoms with van der Waals surface area (Å²) in [5, 5.41) is 2.34. The number of hydrogen-bond donors (Lipinski definition) is 1. The van der Waals surface area contributed by atoms with Crippen LogP contribution in [0.25, 0.3) is 0 Å². The molecule has 1 N–H and O–H groups in total. The van der Waals surface area contributed by atoms with E-state index in [1.54, 1.807) is 0 Å². The second kappa shape index (κ2) is 11.5. The largest absolute Gasteiger partial charge is 1.00 e. The first kappa shape index (κ1) is 27.7. The Balaban J connectivity index is 0.00000480. The molecule has 2 rings (SSSR count). The molecule has 0 aliphatic rings. The van der Waals surface area contributed by atoms with Crippen molar-refractivity contribution < 1.29 is 65.3 Å². The third-order valence-electron chi connectivity index (χ3n) is 4.03. The van der Waals surface area contributed by atoms with Gasteiger partial charge in [0.2, 0.25) is 5.91 Å². The van der Waals surface area contributed by atoms with E-state index in [9.17, 15) is 35.7 Å². The van der Waals surface area contributed by atoms with Gasteiger partial charge < -0.3 is 9.87 Å². The number of halogens is 3. The summed E-state index contributed by atoms with van der Waals surface area (Å²) in [5.74, 6) is -1.13. The topological polar surface area (TPSA) is 103 Å². The van der Waals surface area contributed by atoms with E-state index in [2.05, 4.69) is 5.32 Å². The fraction of sp³-hybridized carbons (Fsp3) is 0.263. The maximum absolute atomic E-state index is 12.7. The SMILES string of the molecule is CC(=O)SCC(Cc1ccc(C(F)(F)F)cc1)C(=O)Nc1ccc(S(=O)(=O)[O-])cc1.[Na+]. The quantitative estimate of drug-likeness (QED) is 0.459. The van der Waals surface area contributed by atoms with Crippen LogP contribution in [0.15, 0.2) is 53.4 Å². The van der Waals surface area contributed by atoms with E-state index in [0.717, 1.165) is 36.0 Å². The van der Waals surface area contributed by atoms with Crippen LogP contribution in [0.3, 0.4) is 0 Å². The van der Waals surface area contributed by atoms with Crippen LogP contribution >= 0.6 is 11.8 Å². The summed E-state index contributed by atoms with van der Waals surface area (Å²) >= 11 is 0.910. The third kappa shape index (κ3) is 8.95. The molecule has 1 atom stereocenters. The Morgan fingerprint density at radius 2 is 1.61 bits per heavy atom. The van der Waals surface area contributed by atoms with Gasteiger partial charge in [-0.25, -0.2) is 8.42 Å². The van der Waals surface area contributed by atoms with E-state index in [1.807, 2.05) is 0 Å². The summed E-state index contributed by atoms with van der Waals surface area (Å²) in [5.41, 5.74) is -0.0866. The van der Waals surface area contributed by atoms with Crippen molar-refractivity contribution in [1.82, 2.24) is 0 Å². The monoisotopic (exact) mass is 483 g/mol. The third-order valence-corrected chi connectivity index (χ3v) is 5.86. The van der Waals surface area contributed by atoms with Gasteiger partial charge in [-0.05, 0) is 48.4 Å². The Hall–Kier alpha value is -1.37. The molecule has 0 radical (unpaired) electrons. The normalized spacial score (nSPS) is 12.5. The van der Waals surface area contributed by atoms with Crippen LogP contribution in [0.2, 0.25) is 0 Å². The van der Waals surface area contributed by atoms with Crippen molar-refractivity contribution in [3.05, 3.63) is 59.7 Å². The van der Waals surface area contributed by atoms with Crippen molar-refractivity contribution in [3.63, 3.8) is 0 Å². The Bertz CT molecular complexity index is 1010. The van der Waals surface area contributed by atoms with Crippen molar-refractivity contribution in [2.75, 3.05) is 11.1 Å². The second-order valence-corrected chi connectivity index (χ2v) is 8.94. The maximum Gasteiger partial charge on any atom is 1.00 e. The molecule has 0 bridgehead atoms. The molecule has 0 aromatic heterocycles. The number of alkyl halides is 3. The maximum atomic E-state index is 12.7. The zero-order chi connectivity index (χ0) is 22.5. The molecule has 12 heteroatoms. The van der Waals surface area contributed by atoms with Crippen molar-refractivity contribution in [3.8, 4) is 0 Å². The van der Waals surface area contributed by atoms with Crippen LogP contribution < -0.4 is 34.9 Å². The summed E-state index contributed by atoms with van der Waals surface area (Å²) in [6.07, 6.45) is -4.37. The van der Waals surface area contributed by atoms with Crippen molar-refractivity contribution in [2.24, 2.45) is 5.92 Å². The molecule has 0 heterocycles. The number of carbonyl (C=O) groups excluding carboxylic acids is 2. The predicted octanol–water partition coefficient (Wildman–Crippen LogP) is 0.691. The minimum atomic E-state index is -4.62. The zero-order valence-corrected chi connectivity index (χ0v) is 20.2. The van der Waals surface area contributed by atoms with E-state index < -0.39 is 38.6 Å². The summed E-state index contributed by atoms with van der Waals surface area (Å²) in [7, 11) is -4.62. The van der Waals surface area contributed by atoms with Gasteiger partial charge in [0.15, 0.2) is 5.12 Å². The minimum absolute atomic E-state index is 0. The molecule has 2 aromatic rings. The van der Waals surface area contributed by atoms with Gasteiger partial charge in [-0.1, -0.05) is 23.9 Å². The molecule has 31 heavy (non-hydrogen) atoms. The van der Waals surface area contributed by atoms with Crippen LogP contribution in [0.1, 0.15) is 18.1 Å². The molecule has 6 nitrogen and oxygen atoms in total. The van der Waals surface area contributed by atoms with E-state index in [4.69, 9.17) is 0 Å². The Kier molecular flexibility index (Phi) is 10.2. The van der Waals surface area contributed by atoms with Gasteiger partial charge in [-0.15, -0.1) is 0 Å². The van der Waals surface area contributed by atoms with Gasteiger partial charge in [0.1, 0.15) is 10.1 Å². The van der Waals surface area contributed by atoms with Crippen LogP contribution in [-0.4, -0.2) is 29.7 Å². The van der Waals surface area contributed by atoms with Gasteiger partial charge in [-0.3, -0.25) is 9.59 Å². The van der Waals surface area contributed by atoms with Gasteiger partial charge in [0, 0.05) is 18.4 Å². The number of rotatable bonds is 7. The fourth-order valence-electron chi connectivity index (χ4n) is 2.51. The smallest absolute Gasteiger partial charge is 0.744 e. The van der Waals surface area contributed by atoms with Crippen LogP contribution in [0, 0.1) is 5.92 Å². The Morgan fingerprint density at radius 1 is 1.06 bits per heavy atom. The van der Waals surface area contributed by atoms with Crippen LogP contribution in [-0.2, 0) is 32.3 Å². The number of hydrogen-bond acceptors (Lipinski definition) is 6. The second-order valence-electron chi connectivity index (χ2n) is 6.37. The number of anilines is 1. The van der Waals surface area contributed by atoms with Crippen LogP contribution in [0.5, 0.6) is 0 Å². The summed E-state index contributed by atoms with van der Waals surface area (Å²) < 4.78 is 71.0. The summed E-state index contributed by atoms with van der Waals surface area (Å²) in [6.45, 7) is 1.33. The van der Waals surface area contributed by atoms with Gasteiger partial charge >= 0.3 is 35.7 Å². The first-order chi connectivity index (χ1) is 13.9. The van der Waals surface area contributed by atoms with E-state index in [-0.39, 0.29) is 52.5 Å². The minimum Gasteiger partial charge on any atom is -0.744 e. The molecule has 0 saturated heterocycles. The predicted molar refractivity (Wildman–Crippen MR) is 105 cm³/mol. The van der Waals surface area contributed by atoms with E-state index >= 15 is 0 Å². The molecular weight excluding hydrogens is 466 g/mol. The van der Waals surface area contributed by atoms with Crippen LogP contribution in [0.4, 0.5) is 18.9 Å². The first-order valence-corrected chi connectivity index (χ1v) is 10.9. The van der Waals surface area contributed by atoms with Crippen molar-refractivity contribution in [2.45, 2.75) is 24.4 Å².